The van der Waals surface area contributed by atoms with Crippen LogP contribution in [0.15, 0.2) is 0 Å². The first-order valence-corrected chi connectivity index (χ1v) is 8.48. The fraction of sp³-hybridized carbons (Fsp3) is 1.00. The van der Waals surface area contributed by atoms with Crippen molar-refractivity contribution in [1.82, 2.24) is 10.2 Å². The van der Waals surface area contributed by atoms with E-state index < -0.39 is 0 Å². The summed E-state index contributed by atoms with van der Waals surface area (Å²) in [7, 11) is 0. The lowest BCUT2D eigenvalue weighted by Crippen LogP contribution is -2.49. The Morgan fingerprint density at radius 1 is 1.28 bits per heavy atom. The van der Waals surface area contributed by atoms with E-state index in [-0.39, 0.29) is 0 Å². The summed E-state index contributed by atoms with van der Waals surface area (Å²) in [4.78, 5) is 2.51. The molecule has 108 valence electrons. The minimum absolute atomic E-state index is 0.378. The van der Waals surface area contributed by atoms with Crippen molar-refractivity contribution in [3.63, 3.8) is 0 Å². The van der Waals surface area contributed by atoms with Gasteiger partial charge in [0.05, 0.1) is 12.7 Å². The Morgan fingerprint density at radius 3 is 2.78 bits per heavy atom. The van der Waals surface area contributed by atoms with Gasteiger partial charge in [-0.05, 0) is 33.2 Å². The number of morpholine rings is 1. The average Bonchev–Trinajstić information content (AvgIpc) is 2.38. The van der Waals surface area contributed by atoms with Crippen molar-refractivity contribution in [3.05, 3.63) is 0 Å². The van der Waals surface area contributed by atoms with Gasteiger partial charge in [0.2, 0.25) is 0 Å². The van der Waals surface area contributed by atoms with E-state index in [1.165, 1.54) is 25.7 Å². The van der Waals surface area contributed by atoms with Crippen molar-refractivity contribution in [2.75, 3.05) is 38.1 Å². The highest BCUT2D eigenvalue weighted by Crippen LogP contribution is 2.08. The number of unbranched alkanes of at least 4 members (excludes halogenated alkanes) is 3. The van der Waals surface area contributed by atoms with Gasteiger partial charge in [0.15, 0.2) is 0 Å². The molecule has 1 unspecified atom stereocenters. The van der Waals surface area contributed by atoms with E-state index in [2.05, 4.69) is 40.0 Å². The Bertz CT molecular complexity index is 202. The first-order valence-electron chi connectivity index (χ1n) is 7.36. The number of hydrogen-bond donors (Lipinski definition) is 1. The maximum atomic E-state index is 5.79. The van der Waals surface area contributed by atoms with Gasteiger partial charge in [-0.1, -0.05) is 28.8 Å². The van der Waals surface area contributed by atoms with Crippen LogP contribution in [0.5, 0.6) is 0 Å². The van der Waals surface area contributed by atoms with Crippen LogP contribution in [-0.2, 0) is 4.74 Å². The molecule has 18 heavy (non-hydrogen) atoms. The first-order chi connectivity index (χ1) is 8.74. The summed E-state index contributed by atoms with van der Waals surface area (Å²) < 4.78 is 5.79. The second kappa shape index (κ2) is 10.2. The maximum absolute atomic E-state index is 5.79. The van der Waals surface area contributed by atoms with Crippen LogP contribution in [0.2, 0.25) is 0 Å². The van der Waals surface area contributed by atoms with Crippen molar-refractivity contribution in [2.24, 2.45) is 0 Å². The molecule has 1 fully saturated rings. The molecule has 0 amide bonds. The zero-order valence-electron chi connectivity index (χ0n) is 12.0. The SMILES string of the molecule is CC(C)N1CCOC(CNCCCCCCBr)C1. The minimum Gasteiger partial charge on any atom is -0.374 e. The molecule has 0 aliphatic carbocycles. The van der Waals surface area contributed by atoms with Crippen molar-refractivity contribution in [3.8, 4) is 0 Å². The highest BCUT2D eigenvalue weighted by Gasteiger charge is 2.21. The molecule has 0 spiro atoms. The van der Waals surface area contributed by atoms with Gasteiger partial charge in [0.1, 0.15) is 0 Å². The Kier molecular flexibility index (Phi) is 9.29. The average molecular weight is 321 g/mol. The molecule has 4 heteroatoms. The Balaban J connectivity index is 1.98. The maximum Gasteiger partial charge on any atom is 0.0826 e. The number of nitrogens with one attached hydrogen (secondary N) is 1. The van der Waals surface area contributed by atoms with Gasteiger partial charge >= 0.3 is 0 Å². The normalized spacial score (nSPS) is 21.7. The molecule has 0 saturated carbocycles. The van der Waals surface area contributed by atoms with E-state index in [1.54, 1.807) is 0 Å². The van der Waals surface area contributed by atoms with E-state index in [0.29, 0.717) is 12.1 Å². The predicted molar refractivity (Wildman–Crippen MR) is 81.6 cm³/mol. The summed E-state index contributed by atoms with van der Waals surface area (Å²) in [6.07, 6.45) is 5.64. The largest absolute Gasteiger partial charge is 0.374 e. The molecule has 0 aromatic rings. The number of halogens is 1. The highest BCUT2D eigenvalue weighted by molar-refractivity contribution is 9.09. The molecule has 1 rings (SSSR count). The highest BCUT2D eigenvalue weighted by atomic mass is 79.9. The molecular formula is C14H29BrN2O. The van der Waals surface area contributed by atoms with Crippen LogP contribution in [0.3, 0.4) is 0 Å². The van der Waals surface area contributed by atoms with E-state index in [0.717, 1.165) is 38.1 Å². The standard InChI is InChI=1S/C14H29BrN2O/c1-13(2)17-9-10-18-14(12-17)11-16-8-6-4-3-5-7-15/h13-14,16H,3-12H2,1-2H3. The monoisotopic (exact) mass is 320 g/mol. The number of rotatable bonds is 9. The molecule has 0 radical (unpaired) electrons. The molecule has 1 aliphatic heterocycles. The molecule has 0 aromatic carbocycles. The zero-order valence-corrected chi connectivity index (χ0v) is 13.5. The summed E-state index contributed by atoms with van der Waals surface area (Å²) in [6, 6.07) is 0.639. The Morgan fingerprint density at radius 2 is 2.06 bits per heavy atom. The fourth-order valence-corrected chi connectivity index (χ4v) is 2.69. The van der Waals surface area contributed by atoms with Crippen molar-refractivity contribution >= 4 is 15.9 Å². The predicted octanol–water partition coefficient (Wildman–Crippen LogP) is 2.64. The second-order valence-electron chi connectivity index (χ2n) is 5.39. The molecule has 1 N–H and O–H groups in total. The minimum atomic E-state index is 0.378. The van der Waals surface area contributed by atoms with Gasteiger partial charge in [0.25, 0.3) is 0 Å². The summed E-state index contributed by atoms with van der Waals surface area (Å²) in [6.45, 7) is 9.70. The molecule has 1 atom stereocenters. The third kappa shape index (κ3) is 7.07. The van der Waals surface area contributed by atoms with Crippen molar-refractivity contribution < 1.29 is 4.74 Å². The van der Waals surface area contributed by atoms with Crippen LogP contribution >= 0.6 is 15.9 Å². The van der Waals surface area contributed by atoms with E-state index in [9.17, 15) is 0 Å². The summed E-state index contributed by atoms with van der Waals surface area (Å²) in [5, 5.41) is 4.67. The number of hydrogen-bond acceptors (Lipinski definition) is 3. The van der Waals surface area contributed by atoms with Crippen molar-refractivity contribution in [2.45, 2.75) is 51.7 Å². The quantitative estimate of drug-likeness (QED) is 0.522. The van der Waals surface area contributed by atoms with E-state index in [1.807, 2.05) is 0 Å². The van der Waals surface area contributed by atoms with Gasteiger partial charge in [-0.15, -0.1) is 0 Å². The number of nitrogens with zero attached hydrogens (tertiary/aromatic N) is 1. The lowest BCUT2D eigenvalue weighted by molar-refractivity contribution is -0.0370. The van der Waals surface area contributed by atoms with E-state index >= 15 is 0 Å². The zero-order chi connectivity index (χ0) is 13.2. The van der Waals surface area contributed by atoms with Crippen molar-refractivity contribution in [1.29, 1.82) is 0 Å². The van der Waals surface area contributed by atoms with E-state index in [4.69, 9.17) is 4.74 Å². The van der Waals surface area contributed by atoms with Gasteiger partial charge in [0, 0.05) is 31.0 Å². The Labute approximate surface area is 121 Å². The molecule has 1 heterocycles. The van der Waals surface area contributed by atoms with Crippen LogP contribution < -0.4 is 5.32 Å². The van der Waals surface area contributed by atoms with Gasteiger partial charge in [-0.25, -0.2) is 0 Å². The molecule has 1 saturated heterocycles. The Hall–Kier alpha value is 0.360. The van der Waals surface area contributed by atoms with Crippen LogP contribution in [-0.4, -0.2) is 55.2 Å². The van der Waals surface area contributed by atoms with Gasteiger partial charge in [-0.2, -0.15) is 0 Å². The second-order valence-corrected chi connectivity index (χ2v) is 6.18. The molecular weight excluding hydrogens is 292 g/mol. The molecule has 3 nitrogen and oxygen atoms in total. The lowest BCUT2D eigenvalue weighted by Gasteiger charge is -2.35. The topological polar surface area (TPSA) is 24.5 Å². The van der Waals surface area contributed by atoms with Crippen LogP contribution in [0.4, 0.5) is 0 Å². The smallest absolute Gasteiger partial charge is 0.0826 e. The van der Waals surface area contributed by atoms with Gasteiger partial charge in [-0.3, -0.25) is 4.90 Å². The summed E-state index contributed by atoms with van der Waals surface area (Å²) in [5.74, 6) is 0. The van der Waals surface area contributed by atoms with Crippen LogP contribution in [0.25, 0.3) is 0 Å². The summed E-state index contributed by atoms with van der Waals surface area (Å²) >= 11 is 3.46. The van der Waals surface area contributed by atoms with Crippen LogP contribution in [0, 0.1) is 0 Å². The fourth-order valence-electron chi connectivity index (χ4n) is 2.30. The molecule has 0 aromatic heterocycles. The third-order valence-corrected chi connectivity index (χ3v) is 4.07. The lowest BCUT2D eigenvalue weighted by atomic mass is 10.2. The van der Waals surface area contributed by atoms with Crippen LogP contribution in [0.1, 0.15) is 39.5 Å². The number of alkyl halides is 1. The molecule has 1 aliphatic rings. The number of ether oxygens (including phenoxy) is 1. The third-order valence-electron chi connectivity index (χ3n) is 3.51. The van der Waals surface area contributed by atoms with Gasteiger partial charge < -0.3 is 10.1 Å². The summed E-state index contributed by atoms with van der Waals surface area (Å²) in [5.41, 5.74) is 0. The first kappa shape index (κ1) is 16.4. The molecule has 0 bridgehead atoms.